The summed E-state index contributed by atoms with van der Waals surface area (Å²) in [6, 6.07) is 21.4. The van der Waals surface area contributed by atoms with Crippen molar-refractivity contribution in [2.75, 3.05) is 0 Å². The van der Waals surface area contributed by atoms with Crippen LogP contribution in [0.25, 0.3) is 28.2 Å². The third-order valence-corrected chi connectivity index (χ3v) is 5.37. The van der Waals surface area contributed by atoms with Crippen molar-refractivity contribution in [1.29, 1.82) is 0 Å². The Morgan fingerprint density at radius 1 is 0.862 bits per heavy atom. The molecule has 0 radical (unpaired) electrons. The predicted molar refractivity (Wildman–Crippen MR) is 109 cm³/mol. The quantitative estimate of drug-likeness (QED) is 0.449. The zero-order chi connectivity index (χ0) is 20.6. The predicted octanol–water partition coefficient (Wildman–Crippen LogP) is 3.26. The molecule has 0 saturated heterocycles. The maximum Gasteiger partial charge on any atom is 0.238 e. The highest BCUT2D eigenvalue weighted by Gasteiger charge is 2.17. The van der Waals surface area contributed by atoms with Gasteiger partial charge in [0.15, 0.2) is 0 Å². The zero-order valence-electron chi connectivity index (χ0n) is 15.1. The molecule has 0 bridgehead atoms. The molecule has 29 heavy (non-hydrogen) atoms. The van der Waals surface area contributed by atoms with Gasteiger partial charge in [0.2, 0.25) is 10.0 Å². The fourth-order valence-electron chi connectivity index (χ4n) is 3.03. The molecule has 0 unspecified atom stereocenters. The van der Waals surface area contributed by atoms with Crippen LogP contribution in [0.2, 0.25) is 0 Å². The summed E-state index contributed by atoms with van der Waals surface area (Å²) < 4.78 is 24.6. The maximum absolute atomic E-state index is 11.5. The Balaban J connectivity index is 1.92. The molecule has 0 atom stereocenters. The first-order valence-corrected chi connectivity index (χ1v) is 10.2. The first-order valence-electron chi connectivity index (χ1n) is 8.64. The van der Waals surface area contributed by atoms with Crippen molar-refractivity contribution in [2.45, 2.75) is 4.90 Å². The molecule has 0 saturated carbocycles. The minimum absolute atomic E-state index is 0.00335. The molecule has 0 fully saturated rings. The Hall–Kier alpha value is -3.62. The van der Waals surface area contributed by atoms with Gasteiger partial charge < -0.3 is 10.2 Å². The third-order valence-electron chi connectivity index (χ3n) is 4.44. The Morgan fingerprint density at radius 3 is 2.21 bits per heavy atom. The van der Waals surface area contributed by atoms with E-state index in [1.807, 2.05) is 30.3 Å². The van der Waals surface area contributed by atoms with E-state index in [2.05, 4.69) is 5.10 Å². The number of aromatic hydroxyl groups is 2. The lowest BCUT2D eigenvalue weighted by Crippen LogP contribution is -2.12. The second kappa shape index (κ2) is 7.08. The van der Waals surface area contributed by atoms with E-state index < -0.39 is 10.0 Å². The van der Waals surface area contributed by atoms with Crippen LogP contribution in [0.1, 0.15) is 0 Å². The van der Waals surface area contributed by atoms with Crippen LogP contribution < -0.4 is 5.14 Å². The number of phenolic OH excluding ortho intramolecular Hbond substituents is 2. The molecular weight excluding hydrogens is 390 g/mol. The summed E-state index contributed by atoms with van der Waals surface area (Å²) in [5.74, 6) is -0.0268. The van der Waals surface area contributed by atoms with Crippen LogP contribution in [0.4, 0.5) is 0 Å². The number of hydrogen-bond acceptors (Lipinski definition) is 5. The summed E-state index contributed by atoms with van der Waals surface area (Å²) in [5.41, 5.74) is 3.00. The lowest BCUT2D eigenvalue weighted by atomic mass is 10.1. The molecule has 8 heteroatoms. The summed E-state index contributed by atoms with van der Waals surface area (Å²) in [6.07, 6.45) is 0. The van der Waals surface area contributed by atoms with Crippen LogP contribution in [0, 0.1) is 0 Å². The number of nitrogens with zero attached hydrogens (tertiary/aromatic N) is 2. The number of rotatable bonds is 4. The summed E-state index contributed by atoms with van der Waals surface area (Å²) >= 11 is 0. The summed E-state index contributed by atoms with van der Waals surface area (Å²) in [6.45, 7) is 0. The highest BCUT2D eigenvalue weighted by Crippen LogP contribution is 2.36. The molecule has 0 aliphatic heterocycles. The third kappa shape index (κ3) is 3.71. The molecule has 3 aromatic carbocycles. The normalized spacial score (nSPS) is 11.5. The number of sulfonamides is 1. The number of nitrogens with two attached hydrogens (primary N) is 1. The van der Waals surface area contributed by atoms with E-state index in [9.17, 15) is 18.6 Å². The highest BCUT2D eigenvalue weighted by molar-refractivity contribution is 7.89. The Morgan fingerprint density at radius 2 is 1.55 bits per heavy atom. The SMILES string of the molecule is NS(=O)(=O)c1ccc(-n2nc(-c3ccccc3)cc2-c2cc(O)ccc2O)cc1. The second-order valence-electron chi connectivity index (χ2n) is 6.43. The largest absolute Gasteiger partial charge is 0.508 e. The molecule has 7 nitrogen and oxygen atoms in total. The highest BCUT2D eigenvalue weighted by atomic mass is 32.2. The van der Waals surface area contributed by atoms with E-state index in [0.717, 1.165) is 5.56 Å². The van der Waals surface area contributed by atoms with E-state index >= 15 is 0 Å². The van der Waals surface area contributed by atoms with E-state index in [4.69, 9.17) is 5.14 Å². The molecule has 4 rings (SSSR count). The standard InChI is InChI=1S/C21H17N3O4S/c22-29(27,28)17-9-6-15(7-10-17)24-20(18-12-16(25)8-11-21(18)26)13-19(23-24)14-4-2-1-3-5-14/h1-13,25-26H,(H2,22,27,28). The molecule has 0 aliphatic carbocycles. The monoisotopic (exact) mass is 407 g/mol. The lowest BCUT2D eigenvalue weighted by Gasteiger charge is -2.10. The van der Waals surface area contributed by atoms with Crippen molar-refractivity contribution < 1.29 is 18.6 Å². The Kier molecular flexibility index (Phi) is 4.57. The van der Waals surface area contributed by atoms with Gasteiger partial charge in [0.25, 0.3) is 0 Å². The number of aromatic nitrogens is 2. The molecule has 0 amide bonds. The number of benzene rings is 3. The van der Waals surface area contributed by atoms with E-state index in [1.54, 1.807) is 22.9 Å². The molecular formula is C21H17N3O4S. The minimum atomic E-state index is -3.82. The number of phenols is 2. The molecule has 0 spiro atoms. The van der Waals surface area contributed by atoms with Crippen LogP contribution in [0.15, 0.2) is 83.8 Å². The Bertz CT molecular complexity index is 1280. The maximum atomic E-state index is 11.5. The van der Waals surface area contributed by atoms with Crippen molar-refractivity contribution in [3.8, 4) is 39.7 Å². The number of primary sulfonamides is 1. The number of hydrogen-bond donors (Lipinski definition) is 3. The van der Waals surface area contributed by atoms with Gasteiger partial charge >= 0.3 is 0 Å². The van der Waals surface area contributed by atoms with Crippen molar-refractivity contribution in [3.63, 3.8) is 0 Å². The van der Waals surface area contributed by atoms with Gasteiger partial charge in [-0.1, -0.05) is 30.3 Å². The molecule has 1 aromatic heterocycles. The van der Waals surface area contributed by atoms with Gasteiger partial charge in [0, 0.05) is 11.1 Å². The van der Waals surface area contributed by atoms with Crippen molar-refractivity contribution >= 4 is 10.0 Å². The summed E-state index contributed by atoms with van der Waals surface area (Å²) in [7, 11) is -3.82. The zero-order valence-corrected chi connectivity index (χ0v) is 15.9. The minimum Gasteiger partial charge on any atom is -0.508 e. The van der Waals surface area contributed by atoms with Crippen molar-refractivity contribution in [3.05, 3.63) is 78.9 Å². The fourth-order valence-corrected chi connectivity index (χ4v) is 3.54. The second-order valence-corrected chi connectivity index (χ2v) is 7.99. The van der Waals surface area contributed by atoms with Crippen LogP contribution in [0.3, 0.4) is 0 Å². The fraction of sp³-hybridized carbons (Fsp3) is 0. The van der Waals surface area contributed by atoms with E-state index in [1.165, 1.54) is 30.3 Å². The summed E-state index contributed by atoms with van der Waals surface area (Å²) in [5, 5.41) is 30.0. The van der Waals surface area contributed by atoms with Crippen molar-refractivity contribution in [1.82, 2.24) is 9.78 Å². The summed E-state index contributed by atoms with van der Waals surface area (Å²) in [4.78, 5) is -0.0153. The van der Waals surface area contributed by atoms with Gasteiger partial charge in [-0.3, -0.25) is 0 Å². The van der Waals surface area contributed by atoms with Crippen LogP contribution in [-0.4, -0.2) is 28.4 Å². The van der Waals surface area contributed by atoms with Gasteiger partial charge in [-0.15, -0.1) is 0 Å². The molecule has 1 heterocycles. The molecule has 0 aliphatic rings. The van der Waals surface area contributed by atoms with Gasteiger partial charge in [-0.05, 0) is 48.5 Å². The first-order chi connectivity index (χ1) is 13.8. The van der Waals surface area contributed by atoms with Crippen LogP contribution in [0.5, 0.6) is 11.5 Å². The smallest absolute Gasteiger partial charge is 0.238 e. The van der Waals surface area contributed by atoms with Gasteiger partial charge in [0.05, 0.1) is 22.0 Å². The van der Waals surface area contributed by atoms with Crippen molar-refractivity contribution in [2.24, 2.45) is 5.14 Å². The average molecular weight is 407 g/mol. The van der Waals surface area contributed by atoms with E-state index in [-0.39, 0.29) is 16.4 Å². The molecule has 4 aromatic rings. The van der Waals surface area contributed by atoms with Gasteiger partial charge in [-0.25, -0.2) is 18.2 Å². The first kappa shape index (κ1) is 18.7. The average Bonchev–Trinajstić information content (AvgIpc) is 3.15. The molecule has 146 valence electrons. The van der Waals surface area contributed by atoms with Crippen LogP contribution >= 0.6 is 0 Å². The van der Waals surface area contributed by atoms with E-state index in [0.29, 0.717) is 22.6 Å². The van der Waals surface area contributed by atoms with Gasteiger partial charge in [-0.2, -0.15) is 5.10 Å². The Labute approximate surface area is 167 Å². The lowest BCUT2D eigenvalue weighted by molar-refractivity contribution is 0.461. The van der Waals surface area contributed by atoms with Crippen LogP contribution in [-0.2, 0) is 10.0 Å². The topological polar surface area (TPSA) is 118 Å². The van der Waals surface area contributed by atoms with Gasteiger partial charge in [0.1, 0.15) is 11.5 Å². The molecule has 4 N–H and O–H groups in total.